The number of aliphatic hydroxyl groups is 1. The first-order valence-electron chi connectivity index (χ1n) is 4.71. The van der Waals surface area contributed by atoms with Gasteiger partial charge >= 0.3 is 0 Å². The highest BCUT2D eigenvalue weighted by atomic mass is 35.5. The van der Waals surface area contributed by atoms with E-state index in [9.17, 15) is 5.11 Å². The van der Waals surface area contributed by atoms with Crippen molar-refractivity contribution >= 4 is 17.3 Å². The maximum atomic E-state index is 9.73. The molecule has 4 nitrogen and oxygen atoms in total. The second-order valence-corrected chi connectivity index (χ2v) is 3.94. The molecule has 1 aromatic rings. The fraction of sp³-hybridized carbons (Fsp3) is 0.500. The number of rotatable bonds is 4. The van der Waals surface area contributed by atoms with Gasteiger partial charge in [-0.2, -0.15) is 0 Å². The molecule has 1 heterocycles. The average Bonchev–Trinajstić information content (AvgIpc) is 2.18. The van der Waals surface area contributed by atoms with E-state index in [0.29, 0.717) is 17.3 Å². The van der Waals surface area contributed by atoms with E-state index in [4.69, 9.17) is 11.6 Å². The highest BCUT2D eigenvalue weighted by molar-refractivity contribution is 6.33. The van der Waals surface area contributed by atoms with Gasteiger partial charge in [0, 0.05) is 26.8 Å². The maximum Gasteiger partial charge on any atom is 0.108 e. The second-order valence-electron chi connectivity index (χ2n) is 3.53. The predicted molar refractivity (Wildman–Crippen MR) is 62.5 cm³/mol. The van der Waals surface area contributed by atoms with Gasteiger partial charge in [-0.1, -0.05) is 11.6 Å². The van der Waals surface area contributed by atoms with E-state index < -0.39 is 6.10 Å². The molecule has 0 saturated carbocycles. The predicted octanol–water partition coefficient (Wildman–Crippen LogP) is 1.05. The minimum atomic E-state index is -0.606. The molecule has 0 aliphatic heterocycles. The number of nitrogens with zero attached hydrogens (tertiary/aromatic N) is 2. The summed E-state index contributed by atoms with van der Waals surface area (Å²) in [5.74, 6) is 0. The molecule has 0 aromatic carbocycles. The Labute approximate surface area is 94.9 Å². The summed E-state index contributed by atoms with van der Waals surface area (Å²) in [5, 5.41) is 13.2. The molecule has 5 heteroatoms. The van der Waals surface area contributed by atoms with Crippen molar-refractivity contribution < 1.29 is 5.11 Å². The molecule has 1 rings (SSSR count). The summed E-state index contributed by atoms with van der Waals surface area (Å²) in [7, 11) is 5.58. The number of pyridine rings is 1. The molecule has 0 spiro atoms. The first-order chi connectivity index (χ1) is 7.06. The fourth-order valence-electron chi connectivity index (χ4n) is 1.27. The maximum absolute atomic E-state index is 9.73. The summed E-state index contributed by atoms with van der Waals surface area (Å²) in [5.41, 5.74) is 1.48. The van der Waals surface area contributed by atoms with E-state index >= 15 is 0 Å². The monoisotopic (exact) mass is 229 g/mol. The number of nitrogens with one attached hydrogen (secondary N) is 1. The van der Waals surface area contributed by atoms with Crippen LogP contribution in [0.2, 0.25) is 5.02 Å². The Kier molecular flexibility index (Phi) is 4.32. The highest BCUT2D eigenvalue weighted by Gasteiger charge is 2.11. The Balaban J connectivity index is 2.96. The van der Waals surface area contributed by atoms with Crippen LogP contribution >= 0.6 is 11.6 Å². The Morgan fingerprint density at radius 3 is 2.80 bits per heavy atom. The molecule has 15 heavy (non-hydrogen) atoms. The van der Waals surface area contributed by atoms with Gasteiger partial charge in [0.2, 0.25) is 0 Å². The van der Waals surface area contributed by atoms with Crippen LogP contribution in [0, 0.1) is 0 Å². The number of halogens is 1. The lowest BCUT2D eigenvalue weighted by Gasteiger charge is -2.17. The van der Waals surface area contributed by atoms with Crippen LogP contribution in [0.1, 0.15) is 11.8 Å². The van der Waals surface area contributed by atoms with E-state index in [1.165, 1.54) is 0 Å². The summed E-state index contributed by atoms with van der Waals surface area (Å²) < 4.78 is 0. The lowest BCUT2D eigenvalue weighted by atomic mass is 10.2. The number of aliphatic hydroxyl groups excluding tert-OH is 1. The van der Waals surface area contributed by atoms with Crippen molar-refractivity contribution in [3.05, 3.63) is 23.0 Å². The molecule has 2 N–H and O–H groups in total. The molecular weight excluding hydrogens is 214 g/mol. The molecular formula is C10H16ClN3O. The number of aromatic nitrogens is 1. The largest absolute Gasteiger partial charge is 0.385 e. The van der Waals surface area contributed by atoms with Crippen molar-refractivity contribution in [2.24, 2.45) is 0 Å². The van der Waals surface area contributed by atoms with E-state index in [2.05, 4.69) is 10.3 Å². The third-order valence-corrected chi connectivity index (χ3v) is 2.37. The van der Waals surface area contributed by atoms with Crippen LogP contribution in [0.25, 0.3) is 0 Å². The van der Waals surface area contributed by atoms with Crippen molar-refractivity contribution in [1.29, 1.82) is 0 Å². The van der Waals surface area contributed by atoms with Gasteiger partial charge in [0.1, 0.15) is 6.10 Å². The number of hydrogen-bond donors (Lipinski definition) is 2. The van der Waals surface area contributed by atoms with Crippen molar-refractivity contribution in [1.82, 2.24) is 10.3 Å². The lowest BCUT2D eigenvalue weighted by molar-refractivity contribution is 0.173. The lowest BCUT2D eigenvalue weighted by Crippen LogP contribution is -2.18. The van der Waals surface area contributed by atoms with Crippen LogP contribution in [0.15, 0.2) is 12.3 Å². The van der Waals surface area contributed by atoms with Gasteiger partial charge in [-0.15, -0.1) is 0 Å². The summed E-state index contributed by atoms with van der Waals surface area (Å²) in [6.45, 7) is 0.474. The number of anilines is 1. The van der Waals surface area contributed by atoms with Gasteiger partial charge in [-0.3, -0.25) is 4.98 Å². The molecule has 0 bridgehead atoms. The van der Waals surface area contributed by atoms with Crippen LogP contribution in [0.5, 0.6) is 0 Å². The smallest absolute Gasteiger partial charge is 0.108 e. The second kappa shape index (κ2) is 5.30. The van der Waals surface area contributed by atoms with Crippen LogP contribution in [-0.4, -0.2) is 37.8 Å². The van der Waals surface area contributed by atoms with Crippen molar-refractivity contribution in [2.45, 2.75) is 6.10 Å². The summed E-state index contributed by atoms with van der Waals surface area (Å²) >= 11 is 5.97. The van der Waals surface area contributed by atoms with Crippen molar-refractivity contribution in [3.8, 4) is 0 Å². The molecule has 0 aliphatic rings. The molecule has 84 valence electrons. The van der Waals surface area contributed by atoms with Crippen LogP contribution in [0.4, 0.5) is 5.69 Å². The molecule has 1 unspecified atom stereocenters. The van der Waals surface area contributed by atoms with Crippen molar-refractivity contribution in [2.75, 3.05) is 32.6 Å². The van der Waals surface area contributed by atoms with E-state index in [0.717, 1.165) is 5.69 Å². The Morgan fingerprint density at radius 2 is 2.27 bits per heavy atom. The minimum absolute atomic E-state index is 0.474. The SMILES string of the molecule is CNCC(O)c1cc(N(C)C)c(Cl)cn1. The molecule has 0 fully saturated rings. The minimum Gasteiger partial charge on any atom is -0.385 e. The van der Waals surface area contributed by atoms with Crippen molar-refractivity contribution in [3.63, 3.8) is 0 Å². The zero-order valence-electron chi connectivity index (χ0n) is 9.16. The van der Waals surface area contributed by atoms with E-state index in [1.54, 1.807) is 19.3 Å². The Morgan fingerprint density at radius 1 is 1.60 bits per heavy atom. The first-order valence-corrected chi connectivity index (χ1v) is 5.09. The number of hydrogen-bond acceptors (Lipinski definition) is 4. The Hall–Kier alpha value is -0.840. The molecule has 1 atom stereocenters. The zero-order chi connectivity index (χ0) is 11.4. The summed E-state index contributed by atoms with van der Waals surface area (Å²) in [6.07, 6.45) is 0.955. The van der Waals surface area contributed by atoms with E-state index in [1.807, 2.05) is 19.0 Å². The van der Waals surface area contributed by atoms with Crippen LogP contribution in [-0.2, 0) is 0 Å². The molecule has 0 aliphatic carbocycles. The van der Waals surface area contributed by atoms with Crippen LogP contribution < -0.4 is 10.2 Å². The van der Waals surface area contributed by atoms with Gasteiger partial charge in [-0.25, -0.2) is 0 Å². The van der Waals surface area contributed by atoms with Crippen LogP contribution in [0.3, 0.4) is 0 Å². The Bertz CT molecular complexity index is 330. The fourth-order valence-corrected chi connectivity index (χ4v) is 1.54. The molecule has 1 aromatic heterocycles. The topological polar surface area (TPSA) is 48.4 Å². The normalized spacial score (nSPS) is 12.6. The third kappa shape index (κ3) is 3.06. The van der Waals surface area contributed by atoms with Gasteiger partial charge in [0.25, 0.3) is 0 Å². The van der Waals surface area contributed by atoms with Gasteiger partial charge in [-0.05, 0) is 13.1 Å². The van der Waals surface area contributed by atoms with Gasteiger partial charge in [0.15, 0.2) is 0 Å². The highest BCUT2D eigenvalue weighted by Crippen LogP contribution is 2.25. The van der Waals surface area contributed by atoms with E-state index in [-0.39, 0.29) is 0 Å². The standard InChI is InChI=1S/C10H16ClN3O/c1-12-6-10(15)8-4-9(14(2)3)7(11)5-13-8/h4-5,10,12,15H,6H2,1-3H3. The average molecular weight is 230 g/mol. The third-order valence-electron chi connectivity index (χ3n) is 2.08. The first kappa shape index (κ1) is 12.2. The number of likely N-dealkylation sites (N-methyl/N-ethyl adjacent to an activating group) is 1. The molecule has 0 saturated heterocycles. The molecule has 0 amide bonds. The summed E-state index contributed by atoms with van der Waals surface area (Å²) in [6, 6.07) is 1.80. The molecule has 0 radical (unpaired) electrons. The zero-order valence-corrected chi connectivity index (χ0v) is 9.91. The van der Waals surface area contributed by atoms with Gasteiger partial charge in [0.05, 0.1) is 16.4 Å². The van der Waals surface area contributed by atoms with Gasteiger partial charge < -0.3 is 15.3 Å². The quantitative estimate of drug-likeness (QED) is 0.811. The summed E-state index contributed by atoms with van der Waals surface area (Å²) in [4.78, 5) is 5.98.